The highest BCUT2D eigenvalue weighted by Crippen LogP contribution is 2.03. The Morgan fingerprint density at radius 3 is 2.00 bits per heavy atom. The van der Waals surface area contributed by atoms with Crippen molar-refractivity contribution in [3.8, 4) is 0 Å². The van der Waals surface area contributed by atoms with Crippen molar-refractivity contribution in [2.45, 2.75) is 33.6 Å². The molecule has 1 saturated heterocycles. The number of ether oxygens (including phenoxy) is 1. The monoisotopic (exact) mass is 260 g/mol. The molecule has 0 spiro atoms. The van der Waals surface area contributed by atoms with E-state index in [0.717, 1.165) is 26.2 Å². The molecule has 1 aliphatic rings. The molecule has 0 aromatic rings. The van der Waals surface area contributed by atoms with Crippen LogP contribution in [-0.2, 0) is 4.74 Å². The van der Waals surface area contributed by atoms with Crippen molar-refractivity contribution in [3.63, 3.8) is 0 Å². The van der Waals surface area contributed by atoms with Gasteiger partial charge < -0.3 is 14.7 Å². The van der Waals surface area contributed by atoms with Gasteiger partial charge in [-0.15, -0.1) is 0 Å². The number of hydrogen-bond donors (Lipinski definition) is 1. The van der Waals surface area contributed by atoms with Crippen molar-refractivity contribution in [1.82, 2.24) is 9.80 Å². The van der Waals surface area contributed by atoms with E-state index in [1.807, 2.05) is 13.8 Å². The van der Waals surface area contributed by atoms with Gasteiger partial charge in [0, 0.05) is 32.7 Å². The summed E-state index contributed by atoms with van der Waals surface area (Å²) in [7, 11) is 0. The van der Waals surface area contributed by atoms with Crippen molar-refractivity contribution in [2.75, 3.05) is 59.1 Å². The first kappa shape index (κ1) is 17.8. The lowest BCUT2D eigenvalue weighted by molar-refractivity contribution is 0.0574. The molecule has 18 heavy (non-hydrogen) atoms. The first-order valence-corrected chi connectivity index (χ1v) is 7.50. The van der Waals surface area contributed by atoms with Gasteiger partial charge >= 0.3 is 0 Å². The van der Waals surface area contributed by atoms with Crippen LogP contribution in [0.5, 0.6) is 0 Å². The molecule has 110 valence electrons. The summed E-state index contributed by atoms with van der Waals surface area (Å²) in [5.41, 5.74) is 0. The lowest BCUT2D eigenvalue weighted by atomic mass is 10.2. The standard InChI is InChI=1S/C12H26N2O2.C2H6/c1-2-3-4-13-5-7-14(8-6-13)9-11-16-12-10-15;1-2/h15H,2-12H2,1H3;1-2H3. The van der Waals surface area contributed by atoms with Crippen LogP contribution in [0, 0.1) is 0 Å². The van der Waals surface area contributed by atoms with Gasteiger partial charge in [-0.25, -0.2) is 0 Å². The van der Waals surface area contributed by atoms with E-state index in [0.29, 0.717) is 6.61 Å². The van der Waals surface area contributed by atoms with Gasteiger partial charge in [-0.3, -0.25) is 4.90 Å². The van der Waals surface area contributed by atoms with Crippen LogP contribution in [0.3, 0.4) is 0 Å². The van der Waals surface area contributed by atoms with E-state index in [2.05, 4.69) is 16.7 Å². The Morgan fingerprint density at radius 1 is 0.944 bits per heavy atom. The number of aliphatic hydroxyl groups is 1. The maximum absolute atomic E-state index is 8.58. The quantitative estimate of drug-likeness (QED) is 0.670. The topological polar surface area (TPSA) is 35.9 Å². The highest BCUT2D eigenvalue weighted by atomic mass is 16.5. The Morgan fingerprint density at radius 2 is 1.50 bits per heavy atom. The SMILES string of the molecule is CC.CCCCN1CCN(CCOCCO)CC1. The lowest BCUT2D eigenvalue weighted by Crippen LogP contribution is -2.47. The highest BCUT2D eigenvalue weighted by Gasteiger charge is 2.15. The molecule has 4 heteroatoms. The zero-order chi connectivity index (χ0) is 13.6. The Labute approximate surface area is 113 Å². The summed E-state index contributed by atoms with van der Waals surface area (Å²) >= 11 is 0. The second kappa shape index (κ2) is 13.3. The molecule has 0 unspecified atom stereocenters. The second-order valence-electron chi connectivity index (χ2n) is 4.37. The summed E-state index contributed by atoms with van der Waals surface area (Å²) < 4.78 is 5.27. The molecule has 1 rings (SSSR count). The van der Waals surface area contributed by atoms with Crippen LogP contribution in [0.25, 0.3) is 0 Å². The molecule has 1 fully saturated rings. The third-order valence-corrected chi connectivity index (χ3v) is 3.08. The number of piperazine rings is 1. The number of unbranched alkanes of at least 4 members (excludes halogenated alkanes) is 1. The zero-order valence-corrected chi connectivity index (χ0v) is 12.5. The largest absolute Gasteiger partial charge is 0.394 e. The van der Waals surface area contributed by atoms with Crippen LogP contribution < -0.4 is 0 Å². The third kappa shape index (κ3) is 8.86. The summed E-state index contributed by atoms with van der Waals surface area (Å²) in [5, 5.41) is 8.58. The first-order valence-electron chi connectivity index (χ1n) is 7.50. The van der Waals surface area contributed by atoms with Gasteiger partial charge in [0.2, 0.25) is 0 Å². The van der Waals surface area contributed by atoms with Crippen molar-refractivity contribution in [1.29, 1.82) is 0 Å². The fourth-order valence-electron chi connectivity index (χ4n) is 1.98. The van der Waals surface area contributed by atoms with Gasteiger partial charge in [-0.2, -0.15) is 0 Å². The van der Waals surface area contributed by atoms with Gasteiger partial charge in [0.15, 0.2) is 0 Å². The first-order chi connectivity index (χ1) is 8.86. The van der Waals surface area contributed by atoms with Gasteiger partial charge in [0.25, 0.3) is 0 Å². The van der Waals surface area contributed by atoms with Crippen molar-refractivity contribution in [2.24, 2.45) is 0 Å². The molecular weight excluding hydrogens is 228 g/mol. The molecular formula is C14H32N2O2. The van der Waals surface area contributed by atoms with E-state index >= 15 is 0 Å². The second-order valence-corrected chi connectivity index (χ2v) is 4.37. The molecule has 0 aliphatic carbocycles. The predicted molar refractivity (Wildman–Crippen MR) is 77.0 cm³/mol. The number of aliphatic hydroxyl groups excluding tert-OH is 1. The summed E-state index contributed by atoms with van der Waals surface area (Å²) in [5.74, 6) is 0. The van der Waals surface area contributed by atoms with E-state index in [-0.39, 0.29) is 6.61 Å². The Balaban J connectivity index is 0.00000137. The average Bonchev–Trinajstić information content (AvgIpc) is 2.45. The Bertz CT molecular complexity index is 160. The van der Waals surface area contributed by atoms with E-state index in [9.17, 15) is 0 Å². The van der Waals surface area contributed by atoms with Gasteiger partial charge in [-0.1, -0.05) is 27.2 Å². The van der Waals surface area contributed by atoms with Gasteiger partial charge in [-0.05, 0) is 13.0 Å². The van der Waals surface area contributed by atoms with Crippen LogP contribution in [0.4, 0.5) is 0 Å². The molecule has 0 atom stereocenters. The summed E-state index contributed by atoms with van der Waals surface area (Å²) in [6.07, 6.45) is 2.61. The smallest absolute Gasteiger partial charge is 0.0698 e. The van der Waals surface area contributed by atoms with Crippen LogP contribution >= 0.6 is 0 Å². The van der Waals surface area contributed by atoms with Crippen LogP contribution in [0.15, 0.2) is 0 Å². The highest BCUT2D eigenvalue weighted by molar-refractivity contribution is 4.71. The Kier molecular flexibility index (Phi) is 13.2. The normalized spacial score (nSPS) is 17.3. The van der Waals surface area contributed by atoms with E-state index in [1.54, 1.807) is 0 Å². The zero-order valence-electron chi connectivity index (χ0n) is 12.5. The van der Waals surface area contributed by atoms with Gasteiger partial charge in [0.05, 0.1) is 19.8 Å². The molecule has 0 aromatic carbocycles. The number of hydrogen-bond acceptors (Lipinski definition) is 4. The van der Waals surface area contributed by atoms with E-state index in [4.69, 9.17) is 9.84 Å². The molecule has 0 saturated carbocycles. The summed E-state index contributed by atoms with van der Waals surface area (Å²) in [4.78, 5) is 4.99. The lowest BCUT2D eigenvalue weighted by Gasteiger charge is -2.34. The van der Waals surface area contributed by atoms with Crippen molar-refractivity contribution >= 4 is 0 Å². The molecule has 4 nitrogen and oxygen atoms in total. The third-order valence-electron chi connectivity index (χ3n) is 3.08. The minimum atomic E-state index is 0.130. The molecule has 0 bridgehead atoms. The van der Waals surface area contributed by atoms with Crippen LogP contribution in [-0.4, -0.2) is 74.0 Å². The van der Waals surface area contributed by atoms with Crippen molar-refractivity contribution < 1.29 is 9.84 Å². The molecule has 0 aromatic heterocycles. The number of nitrogens with zero attached hydrogens (tertiary/aromatic N) is 2. The Hall–Kier alpha value is -0.160. The fourth-order valence-corrected chi connectivity index (χ4v) is 1.98. The molecule has 1 heterocycles. The minimum Gasteiger partial charge on any atom is -0.394 e. The summed E-state index contributed by atoms with van der Waals surface area (Å²) in [6, 6.07) is 0. The average molecular weight is 260 g/mol. The predicted octanol–water partition coefficient (Wildman–Crippen LogP) is 1.44. The molecule has 1 aliphatic heterocycles. The van der Waals surface area contributed by atoms with Crippen molar-refractivity contribution in [3.05, 3.63) is 0 Å². The van der Waals surface area contributed by atoms with E-state index in [1.165, 1.54) is 32.5 Å². The molecule has 1 N–H and O–H groups in total. The number of rotatable bonds is 8. The molecule has 0 radical (unpaired) electrons. The minimum absolute atomic E-state index is 0.130. The maximum Gasteiger partial charge on any atom is 0.0698 e. The van der Waals surface area contributed by atoms with E-state index < -0.39 is 0 Å². The van der Waals surface area contributed by atoms with Crippen LogP contribution in [0.2, 0.25) is 0 Å². The maximum atomic E-state index is 8.58. The van der Waals surface area contributed by atoms with Gasteiger partial charge in [0.1, 0.15) is 0 Å². The fraction of sp³-hybridized carbons (Fsp3) is 1.00. The molecule has 0 amide bonds. The summed E-state index contributed by atoms with van der Waals surface area (Å²) in [6.45, 7) is 14.6. The van der Waals surface area contributed by atoms with Crippen LogP contribution in [0.1, 0.15) is 33.6 Å².